The van der Waals surface area contributed by atoms with Crippen molar-refractivity contribution < 1.29 is 9.53 Å². The molecule has 3 rings (SSSR count). The molecule has 2 unspecified atom stereocenters. The minimum absolute atomic E-state index is 0.282. The third-order valence-electron chi connectivity index (χ3n) is 4.44. The first-order valence-electron chi connectivity index (χ1n) is 7.71. The zero-order valence-corrected chi connectivity index (χ0v) is 11.9. The fourth-order valence-corrected chi connectivity index (χ4v) is 3.27. The van der Waals surface area contributed by atoms with Gasteiger partial charge in [0.2, 0.25) is 5.91 Å². The number of H-pyrrole nitrogens is 1. The van der Waals surface area contributed by atoms with Crippen molar-refractivity contribution in [3.63, 3.8) is 0 Å². The number of nitrogens with one attached hydrogen (secondary N) is 1. The summed E-state index contributed by atoms with van der Waals surface area (Å²) < 4.78 is 5.59. The van der Waals surface area contributed by atoms with E-state index < -0.39 is 0 Å². The van der Waals surface area contributed by atoms with Crippen molar-refractivity contribution in [3.05, 3.63) is 18.0 Å². The van der Waals surface area contributed by atoms with Gasteiger partial charge in [-0.15, -0.1) is 0 Å². The maximum Gasteiger partial charge on any atom is 0.222 e. The first-order chi connectivity index (χ1) is 9.83. The van der Waals surface area contributed by atoms with Crippen LogP contribution in [0, 0.1) is 0 Å². The molecular formula is C15H23N3O2. The van der Waals surface area contributed by atoms with Crippen molar-refractivity contribution in [2.75, 3.05) is 19.7 Å². The highest BCUT2D eigenvalue weighted by Gasteiger charge is 2.26. The number of carbonyl (C=O) groups excluding carboxylic acids is 1. The van der Waals surface area contributed by atoms with Gasteiger partial charge in [-0.2, -0.15) is 5.10 Å². The van der Waals surface area contributed by atoms with E-state index in [0.29, 0.717) is 18.4 Å². The predicted octanol–water partition coefficient (Wildman–Crippen LogP) is 2.07. The number of hydrogen-bond acceptors (Lipinski definition) is 3. The number of aromatic amines is 1. The third-order valence-corrected chi connectivity index (χ3v) is 4.44. The van der Waals surface area contributed by atoms with Gasteiger partial charge in [-0.05, 0) is 38.2 Å². The third kappa shape index (κ3) is 3.20. The molecule has 1 aromatic heterocycles. The maximum atomic E-state index is 12.3. The van der Waals surface area contributed by atoms with E-state index in [1.165, 1.54) is 0 Å². The normalized spacial score (nSPS) is 26.9. The first kappa shape index (κ1) is 13.6. The van der Waals surface area contributed by atoms with E-state index in [1.54, 1.807) is 6.20 Å². The lowest BCUT2D eigenvalue weighted by atomic mass is 9.94. The van der Waals surface area contributed by atoms with Crippen molar-refractivity contribution in [1.29, 1.82) is 0 Å². The van der Waals surface area contributed by atoms with Gasteiger partial charge in [-0.1, -0.05) is 0 Å². The number of hydrogen-bond donors (Lipinski definition) is 1. The van der Waals surface area contributed by atoms with Gasteiger partial charge < -0.3 is 9.64 Å². The first-order valence-corrected chi connectivity index (χ1v) is 7.71. The summed E-state index contributed by atoms with van der Waals surface area (Å²) in [5.41, 5.74) is 1.15. The molecule has 2 saturated heterocycles. The Kier molecular flexibility index (Phi) is 4.35. The highest BCUT2D eigenvalue weighted by Crippen LogP contribution is 2.26. The lowest BCUT2D eigenvalue weighted by molar-refractivity contribution is -0.133. The zero-order chi connectivity index (χ0) is 13.8. The summed E-state index contributed by atoms with van der Waals surface area (Å²) in [6, 6.07) is 2.02. The number of ether oxygens (including phenoxy) is 1. The Hall–Kier alpha value is -1.36. The number of aromatic nitrogens is 2. The van der Waals surface area contributed by atoms with Crippen LogP contribution in [0.5, 0.6) is 0 Å². The van der Waals surface area contributed by atoms with E-state index in [-0.39, 0.29) is 5.91 Å². The minimum atomic E-state index is 0.282. The van der Waals surface area contributed by atoms with Crippen LogP contribution in [0.25, 0.3) is 0 Å². The number of piperidine rings is 1. The largest absolute Gasteiger partial charge is 0.378 e. The summed E-state index contributed by atoms with van der Waals surface area (Å²) >= 11 is 0. The van der Waals surface area contributed by atoms with Crippen LogP contribution in [0.3, 0.4) is 0 Å². The van der Waals surface area contributed by atoms with E-state index in [4.69, 9.17) is 4.74 Å². The van der Waals surface area contributed by atoms with Crippen LogP contribution in [0.4, 0.5) is 0 Å². The van der Waals surface area contributed by atoms with E-state index >= 15 is 0 Å². The number of rotatable bonds is 4. The highest BCUT2D eigenvalue weighted by molar-refractivity contribution is 5.76. The average molecular weight is 277 g/mol. The molecule has 1 N–H and O–H groups in total. The molecule has 0 bridgehead atoms. The Balaban J connectivity index is 1.49. The molecule has 0 aromatic carbocycles. The van der Waals surface area contributed by atoms with Gasteiger partial charge in [0.15, 0.2) is 0 Å². The summed E-state index contributed by atoms with van der Waals surface area (Å²) in [6.45, 7) is 2.59. The lowest BCUT2D eigenvalue weighted by Gasteiger charge is -2.32. The number of likely N-dealkylation sites (tertiary alicyclic amines) is 1. The number of carbonyl (C=O) groups is 1. The molecule has 5 heteroatoms. The number of amides is 1. The minimum Gasteiger partial charge on any atom is -0.378 e. The average Bonchev–Trinajstić information content (AvgIpc) is 3.18. The lowest BCUT2D eigenvalue weighted by Crippen LogP contribution is -2.39. The van der Waals surface area contributed by atoms with E-state index in [1.807, 2.05) is 11.0 Å². The van der Waals surface area contributed by atoms with Crippen LogP contribution in [0.1, 0.15) is 50.1 Å². The van der Waals surface area contributed by atoms with Crippen LogP contribution in [-0.4, -0.2) is 46.8 Å². The van der Waals surface area contributed by atoms with E-state index in [9.17, 15) is 4.79 Å². The van der Waals surface area contributed by atoms with Gasteiger partial charge in [0.25, 0.3) is 0 Å². The molecule has 20 heavy (non-hydrogen) atoms. The molecule has 2 aliphatic rings. The molecule has 0 saturated carbocycles. The van der Waals surface area contributed by atoms with Gasteiger partial charge in [0.05, 0.1) is 6.10 Å². The molecule has 3 heterocycles. The Morgan fingerprint density at radius 2 is 2.40 bits per heavy atom. The fraction of sp³-hybridized carbons (Fsp3) is 0.733. The summed E-state index contributed by atoms with van der Waals surface area (Å²) in [5.74, 6) is 0.697. The van der Waals surface area contributed by atoms with Crippen molar-refractivity contribution in [1.82, 2.24) is 15.1 Å². The van der Waals surface area contributed by atoms with Crippen molar-refractivity contribution in [2.45, 2.75) is 50.5 Å². The molecule has 2 fully saturated rings. The Morgan fingerprint density at radius 3 is 3.15 bits per heavy atom. The molecule has 0 spiro atoms. The summed E-state index contributed by atoms with van der Waals surface area (Å²) in [6.07, 6.45) is 8.08. The van der Waals surface area contributed by atoms with Gasteiger partial charge in [-0.3, -0.25) is 9.89 Å². The van der Waals surface area contributed by atoms with Crippen molar-refractivity contribution in [3.8, 4) is 0 Å². The van der Waals surface area contributed by atoms with Gasteiger partial charge in [0, 0.05) is 43.9 Å². The molecule has 1 amide bonds. The molecule has 1 aromatic rings. The van der Waals surface area contributed by atoms with E-state index in [0.717, 1.165) is 57.5 Å². The topological polar surface area (TPSA) is 58.2 Å². The zero-order valence-electron chi connectivity index (χ0n) is 11.9. The standard InChI is InChI=1S/C15H23N3O2/c19-15(6-5-13-4-2-10-20-13)18-9-1-3-12(11-18)14-7-8-16-17-14/h7-8,12-13H,1-6,9-11H2,(H,16,17). The van der Waals surface area contributed by atoms with Crippen LogP contribution < -0.4 is 0 Å². The predicted molar refractivity (Wildman–Crippen MR) is 75.4 cm³/mol. The second-order valence-corrected chi connectivity index (χ2v) is 5.86. The Morgan fingerprint density at radius 1 is 1.45 bits per heavy atom. The van der Waals surface area contributed by atoms with Crippen LogP contribution in [-0.2, 0) is 9.53 Å². The molecule has 0 radical (unpaired) electrons. The molecule has 0 aliphatic carbocycles. The summed E-state index contributed by atoms with van der Waals surface area (Å²) in [5, 5.41) is 7.05. The fourth-order valence-electron chi connectivity index (χ4n) is 3.27. The summed E-state index contributed by atoms with van der Waals surface area (Å²) in [7, 11) is 0. The second-order valence-electron chi connectivity index (χ2n) is 5.86. The Bertz CT molecular complexity index is 426. The van der Waals surface area contributed by atoms with Gasteiger partial charge >= 0.3 is 0 Å². The van der Waals surface area contributed by atoms with Gasteiger partial charge in [-0.25, -0.2) is 0 Å². The molecule has 2 atom stereocenters. The molecule has 110 valence electrons. The quantitative estimate of drug-likeness (QED) is 0.916. The second kappa shape index (κ2) is 6.39. The maximum absolute atomic E-state index is 12.3. The molecule has 5 nitrogen and oxygen atoms in total. The SMILES string of the molecule is O=C(CCC1CCCO1)N1CCCC(c2ccn[nH]2)C1. The Labute approximate surface area is 119 Å². The summed E-state index contributed by atoms with van der Waals surface area (Å²) in [4.78, 5) is 14.3. The monoisotopic (exact) mass is 277 g/mol. The van der Waals surface area contributed by atoms with Crippen LogP contribution in [0.15, 0.2) is 12.3 Å². The van der Waals surface area contributed by atoms with Crippen molar-refractivity contribution in [2.24, 2.45) is 0 Å². The highest BCUT2D eigenvalue weighted by atomic mass is 16.5. The smallest absolute Gasteiger partial charge is 0.222 e. The van der Waals surface area contributed by atoms with Crippen LogP contribution in [0.2, 0.25) is 0 Å². The van der Waals surface area contributed by atoms with Crippen molar-refractivity contribution >= 4 is 5.91 Å². The molecule has 2 aliphatic heterocycles. The molecular weight excluding hydrogens is 254 g/mol. The van der Waals surface area contributed by atoms with Gasteiger partial charge in [0.1, 0.15) is 0 Å². The van der Waals surface area contributed by atoms with Crippen LogP contribution >= 0.6 is 0 Å². The van der Waals surface area contributed by atoms with E-state index in [2.05, 4.69) is 10.2 Å². The number of nitrogens with zero attached hydrogens (tertiary/aromatic N) is 2.